The van der Waals surface area contributed by atoms with E-state index in [2.05, 4.69) is 4.74 Å². The molecule has 6 heteroatoms. The lowest BCUT2D eigenvalue weighted by molar-refractivity contribution is -0.140. The highest BCUT2D eigenvalue weighted by Crippen LogP contribution is 2.31. The number of esters is 1. The number of rotatable bonds is 1. The topological polar surface area (TPSA) is 26.3 Å². The van der Waals surface area contributed by atoms with Crippen molar-refractivity contribution in [1.82, 2.24) is 0 Å². The van der Waals surface area contributed by atoms with E-state index in [4.69, 9.17) is 0 Å². The minimum atomic E-state index is -4.83. The Morgan fingerprint density at radius 3 is 2.40 bits per heavy atom. The van der Waals surface area contributed by atoms with Crippen molar-refractivity contribution in [3.05, 3.63) is 35.1 Å². The number of halogens is 4. The van der Waals surface area contributed by atoms with Gasteiger partial charge in [-0.15, -0.1) is 0 Å². The molecule has 0 saturated carbocycles. The summed E-state index contributed by atoms with van der Waals surface area (Å²) in [7, 11) is 1.03. The van der Waals surface area contributed by atoms with E-state index in [0.29, 0.717) is 12.1 Å². The van der Waals surface area contributed by atoms with Crippen LogP contribution in [-0.4, -0.2) is 13.1 Å². The fourth-order valence-corrected chi connectivity index (χ4v) is 0.987. The smallest absolute Gasteiger partial charge is 0.419 e. The van der Waals surface area contributed by atoms with Crippen LogP contribution in [0.5, 0.6) is 0 Å². The van der Waals surface area contributed by atoms with Gasteiger partial charge in [0.2, 0.25) is 0 Å². The van der Waals surface area contributed by atoms with Crippen molar-refractivity contribution >= 4 is 5.97 Å². The molecule has 1 aromatic rings. The second-order valence-electron chi connectivity index (χ2n) is 2.68. The van der Waals surface area contributed by atoms with E-state index in [0.717, 1.165) is 13.2 Å². The van der Waals surface area contributed by atoms with Crippen LogP contribution in [0.25, 0.3) is 0 Å². The average Bonchev–Trinajstić information content (AvgIpc) is 2.15. The van der Waals surface area contributed by atoms with Crippen molar-refractivity contribution in [3.8, 4) is 0 Å². The van der Waals surface area contributed by atoms with Gasteiger partial charge in [0.05, 0.1) is 18.2 Å². The van der Waals surface area contributed by atoms with Gasteiger partial charge in [0, 0.05) is 0 Å². The normalized spacial score (nSPS) is 11.3. The molecule has 15 heavy (non-hydrogen) atoms. The number of carbonyl (C=O) groups excluding carboxylic acids is 1. The van der Waals surface area contributed by atoms with E-state index >= 15 is 0 Å². The van der Waals surface area contributed by atoms with E-state index in [1.54, 1.807) is 0 Å². The molecule has 0 fully saturated rings. The summed E-state index contributed by atoms with van der Waals surface area (Å²) in [6, 6.07) is 1.92. The molecule has 0 radical (unpaired) electrons. The van der Waals surface area contributed by atoms with Crippen LogP contribution in [0.15, 0.2) is 18.2 Å². The van der Waals surface area contributed by atoms with Gasteiger partial charge < -0.3 is 4.74 Å². The third-order valence-corrected chi connectivity index (χ3v) is 1.69. The number of hydrogen-bond donors (Lipinski definition) is 0. The molecule has 0 unspecified atom stereocenters. The summed E-state index contributed by atoms with van der Waals surface area (Å²) in [6.45, 7) is 0. The lowest BCUT2D eigenvalue weighted by Gasteiger charge is -2.08. The molecule has 0 spiro atoms. The Morgan fingerprint density at radius 2 is 1.93 bits per heavy atom. The SMILES string of the molecule is COC(=O)c1ccc([18F])c(C(F)(F)F)c1. The number of hydrogen-bond acceptors (Lipinski definition) is 2. The molecule has 0 saturated heterocycles. The first kappa shape index (κ1) is 11.5. The minimum Gasteiger partial charge on any atom is -0.465 e. The van der Waals surface area contributed by atoms with E-state index in [1.807, 2.05) is 0 Å². The average molecular weight is 221 g/mol. The van der Waals surface area contributed by atoms with Crippen molar-refractivity contribution in [2.45, 2.75) is 6.18 Å². The van der Waals surface area contributed by atoms with Crippen LogP contribution < -0.4 is 0 Å². The summed E-state index contributed by atoms with van der Waals surface area (Å²) < 4.78 is 53.6. The predicted octanol–water partition coefficient (Wildman–Crippen LogP) is 2.63. The molecule has 1 rings (SSSR count). The highest BCUT2D eigenvalue weighted by Gasteiger charge is 2.34. The van der Waals surface area contributed by atoms with Crippen LogP contribution in [0.3, 0.4) is 0 Å². The number of ether oxygens (including phenoxy) is 1. The maximum absolute atomic E-state index is 12.8. The van der Waals surface area contributed by atoms with Crippen molar-refractivity contribution in [2.24, 2.45) is 0 Å². The van der Waals surface area contributed by atoms with Gasteiger partial charge in [-0.2, -0.15) is 13.2 Å². The first-order chi connectivity index (χ1) is 6.86. The minimum absolute atomic E-state index is 0.341. The number of benzene rings is 1. The van der Waals surface area contributed by atoms with Crippen molar-refractivity contribution in [1.29, 1.82) is 0 Å². The Morgan fingerprint density at radius 1 is 1.33 bits per heavy atom. The highest BCUT2D eigenvalue weighted by atomic mass is 19.4. The summed E-state index contributed by atoms with van der Waals surface area (Å²) in [4.78, 5) is 10.9. The highest BCUT2D eigenvalue weighted by molar-refractivity contribution is 5.89. The Kier molecular flexibility index (Phi) is 2.97. The first-order valence-corrected chi connectivity index (χ1v) is 3.81. The van der Waals surface area contributed by atoms with Crippen molar-refractivity contribution in [2.75, 3.05) is 7.11 Å². The fraction of sp³-hybridized carbons (Fsp3) is 0.222. The van der Waals surface area contributed by atoms with Gasteiger partial charge in [-0.25, -0.2) is 9.18 Å². The molecular formula is C9H6F4O2. The quantitative estimate of drug-likeness (QED) is 0.538. The second-order valence-corrected chi connectivity index (χ2v) is 2.68. The summed E-state index contributed by atoms with van der Waals surface area (Å²) in [5.41, 5.74) is -1.82. The standard InChI is InChI=1S/C9H6F4O2/c1-15-8(14)5-2-3-7(10)6(4-5)9(11,12)13/h2-4H,1H3/i10-1. The number of alkyl halides is 3. The van der Waals surface area contributed by atoms with Crippen LogP contribution in [0.1, 0.15) is 15.9 Å². The summed E-state index contributed by atoms with van der Waals surface area (Å²) in [5.74, 6) is -2.37. The molecule has 1 aromatic carbocycles. The molecule has 0 aliphatic heterocycles. The Bertz CT molecular complexity index is 384. The first-order valence-electron chi connectivity index (χ1n) is 3.81. The van der Waals surface area contributed by atoms with Crippen LogP contribution in [0, 0.1) is 5.82 Å². The van der Waals surface area contributed by atoms with Crippen LogP contribution >= 0.6 is 0 Å². The van der Waals surface area contributed by atoms with E-state index in [-0.39, 0.29) is 5.56 Å². The molecule has 0 N–H and O–H groups in total. The maximum atomic E-state index is 12.8. The van der Waals surface area contributed by atoms with Gasteiger partial charge in [0.25, 0.3) is 0 Å². The van der Waals surface area contributed by atoms with Gasteiger partial charge in [-0.3, -0.25) is 0 Å². The molecule has 0 aliphatic carbocycles. The molecule has 0 aromatic heterocycles. The Hall–Kier alpha value is -1.59. The fourth-order valence-electron chi connectivity index (χ4n) is 0.987. The second kappa shape index (κ2) is 3.88. The zero-order valence-electron chi connectivity index (χ0n) is 7.56. The lowest BCUT2D eigenvalue weighted by atomic mass is 10.1. The van der Waals surface area contributed by atoms with Gasteiger partial charge in [0.1, 0.15) is 5.82 Å². The molecule has 2 nitrogen and oxygen atoms in total. The van der Waals surface area contributed by atoms with E-state index in [9.17, 15) is 22.4 Å². The largest absolute Gasteiger partial charge is 0.465 e. The van der Waals surface area contributed by atoms with E-state index < -0.39 is 23.5 Å². The van der Waals surface area contributed by atoms with Crippen LogP contribution in [0.2, 0.25) is 0 Å². The molecule has 0 bridgehead atoms. The summed E-state index contributed by atoms with van der Waals surface area (Å²) in [6.07, 6.45) is -4.83. The molecule has 0 atom stereocenters. The van der Waals surface area contributed by atoms with Crippen molar-refractivity contribution < 1.29 is 27.1 Å². The predicted molar refractivity (Wildman–Crippen MR) is 42.7 cm³/mol. The van der Waals surface area contributed by atoms with Gasteiger partial charge in [-0.05, 0) is 18.2 Å². The molecule has 82 valence electrons. The zero-order valence-corrected chi connectivity index (χ0v) is 7.56. The lowest BCUT2D eigenvalue weighted by Crippen LogP contribution is -2.11. The monoisotopic (exact) mass is 221 g/mol. The molecule has 0 amide bonds. The van der Waals surface area contributed by atoms with Crippen molar-refractivity contribution in [3.63, 3.8) is 0 Å². The Labute approximate surface area is 82.5 Å². The number of carbonyl (C=O) groups is 1. The molecule has 0 heterocycles. The van der Waals surface area contributed by atoms with Gasteiger partial charge in [-0.1, -0.05) is 0 Å². The third-order valence-electron chi connectivity index (χ3n) is 1.69. The Balaban J connectivity index is 3.23. The summed E-state index contributed by atoms with van der Waals surface area (Å²) in [5, 5.41) is 0. The van der Waals surface area contributed by atoms with E-state index in [1.165, 1.54) is 0 Å². The van der Waals surface area contributed by atoms with Crippen LogP contribution in [-0.2, 0) is 10.9 Å². The zero-order chi connectivity index (χ0) is 11.6. The third kappa shape index (κ3) is 2.45. The maximum Gasteiger partial charge on any atom is 0.419 e. The molecule has 0 aliphatic rings. The summed E-state index contributed by atoms with van der Waals surface area (Å²) >= 11 is 0. The molecular weight excluding hydrogens is 215 g/mol. The number of methoxy groups -OCH3 is 1. The van der Waals surface area contributed by atoms with Gasteiger partial charge in [0.15, 0.2) is 0 Å². The van der Waals surface area contributed by atoms with Gasteiger partial charge >= 0.3 is 12.1 Å². The van der Waals surface area contributed by atoms with Crippen LogP contribution in [0.4, 0.5) is 17.6 Å².